The third kappa shape index (κ3) is 3.06. The first-order valence-electron chi connectivity index (χ1n) is 9.28. The van der Waals surface area contributed by atoms with Crippen LogP contribution >= 0.6 is 0 Å². The lowest BCUT2D eigenvalue weighted by Gasteiger charge is -2.22. The van der Waals surface area contributed by atoms with Crippen LogP contribution in [0.5, 0.6) is 5.75 Å². The first kappa shape index (κ1) is 17.8. The Balaban J connectivity index is 1.99. The van der Waals surface area contributed by atoms with Gasteiger partial charge in [-0.3, -0.25) is 9.54 Å². The number of pyridine rings is 1. The van der Waals surface area contributed by atoms with E-state index in [2.05, 4.69) is 17.1 Å². The van der Waals surface area contributed by atoms with Gasteiger partial charge in [0.15, 0.2) is 5.75 Å². The Morgan fingerprint density at radius 2 is 1.76 bits per heavy atom. The average Bonchev–Trinajstić information content (AvgIpc) is 2.73. The maximum absolute atomic E-state index is 11.8. The third-order valence-corrected chi connectivity index (χ3v) is 5.63. The topological polar surface area (TPSA) is 76.5 Å². The van der Waals surface area contributed by atoms with E-state index in [1.807, 2.05) is 48.5 Å². The van der Waals surface area contributed by atoms with Crippen LogP contribution in [-0.2, 0) is 16.8 Å². The number of nitrogens with zero attached hydrogens (tertiary/aromatic N) is 1. The van der Waals surface area contributed by atoms with Crippen LogP contribution in [-0.4, -0.2) is 18.0 Å². The van der Waals surface area contributed by atoms with Crippen molar-refractivity contribution in [3.8, 4) is 16.9 Å². The number of hydrogen-bond acceptors (Lipinski definition) is 4. The van der Waals surface area contributed by atoms with Gasteiger partial charge in [-0.1, -0.05) is 60.7 Å². The highest BCUT2D eigenvalue weighted by Gasteiger charge is 2.25. The van der Waals surface area contributed by atoms with Crippen molar-refractivity contribution in [1.82, 2.24) is 4.98 Å². The zero-order chi connectivity index (χ0) is 20.0. The predicted octanol–water partition coefficient (Wildman–Crippen LogP) is 5.20. The van der Waals surface area contributed by atoms with Gasteiger partial charge < -0.3 is 4.18 Å². The number of hydrogen-bond donors (Lipinski definition) is 1. The van der Waals surface area contributed by atoms with E-state index < -0.39 is 10.4 Å². The largest absolute Gasteiger partial charge is 0.446 e. The summed E-state index contributed by atoms with van der Waals surface area (Å²) in [6.07, 6.45) is 7.46. The summed E-state index contributed by atoms with van der Waals surface area (Å²) >= 11 is 0. The Hall–Kier alpha value is -3.22. The molecule has 144 valence electrons. The molecule has 0 atom stereocenters. The van der Waals surface area contributed by atoms with E-state index >= 15 is 0 Å². The molecule has 0 saturated carbocycles. The van der Waals surface area contributed by atoms with Crippen molar-refractivity contribution in [2.24, 2.45) is 0 Å². The fourth-order valence-corrected chi connectivity index (χ4v) is 4.53. The average molecular weight is 403 g/mol. The van der Waals surface area contributed by atoms with Crippen molar-refractivity contribution in [1.29, 1.82) is 0 Å². The minimum atomic E-state index is -4.72. The minimum Gasteiger partial charge on any atom is -0.360 e. The van der Waals surface area contributed by atoms with Crippen molar-refractivity contribution >= 4 is 38.2 Å². The molecule has 1 heterocycles. The Bertz CT molecular complexity index is 1400. The van der Waals surface area contributed by atoms with E-state index in [-0.39, 0.29) is 5.75 Å². The highest BCUT2D eigenvalue weighted by molar-refractivity contribution is 7.81. The SMILES string of the molecule is O=S(=O)(O)Oc1c(-c2cccc3cccnc23)c2c(c3ccccc13)C=CCC2. The predicted molar refractivity (Wildman–Crippen MR) is 114 cm³/mol. The molecule has 0 spiro atoms. The quantitative estimate of drug-likeness (QED) is 0.476. The lowest BCUT2D eigenvalue weighted by Crippen LogP contribution is -2.10. The Morgan fingerprint density at radius 3 is 2.59 bits per heavy atom. The first-order valence-corrected chi connectivity index (χ1v) is 10.6. The molecule has 0 bridgehead atoms. The number of fused-ring (bicyclic) bond motifs is 4. The van der Waals surface area contributed by atoms with Crippen LogP contribution in [0.4, 0.5) is 0 Å². The van der Waals surface area contributed by atoms with Gasteiger partial charge in [0.25, 0.3) is 0 Å². The Morgan fingerprint density at radius 1 is 0.966 bits per heavy atom. The van der Waals surface area contributed by atoms with Gasteiger partial charge in [0.05, 0.1) is 5.52 Å². The Kier molecular flexibility index (Phi) is 4.12. The van der Waals surface area contributed by atoms with Crippen LogP contribution in [0, 0.1) is 0 Å². The van der Waals surface area contributed by atoms with Gasteiger partial charge in [0.2, 0.25) is 0 Å². The van der Waals surface area contributed by atoms with Gasteiger partial charge in [-0.15, -0.1) is 0 Å². The van der Waals surface area contributed by atoms with Gasteiger partial charge in [-0.25, -0.2) is 0 Å². The molecule has 5 rings (SSSR count). The van der Waals surface area contributed by atoms with Crippen molar-refractivity contribution < 1.29 is 17.2 Å². The minimum absolute atomic E-state index is 0.135. The van der Waals surface area contributed by atoms with Crippen LogP contribution in [0.3, 0.4) is 0 Å². The number of rotatable bonds is 3. The highest BCUT2D eigenvalue weighted by Crippen LogP contribution is 2.46. The number of benzene rings is 3. The molecule has 0 unspecified atom stereocenters. The molecule has 4 aromatic rings. The first-order chi connectivity index (χ1) is 14.0. The van der Waals surface area contributed by atoms with Crippen molar-refractivity contribution in [3.05, 3.63) is 78.0 Å². The number of allylic oxidation sites excluding steroid dienone is 1. The summed E-state index contributed by atoms with van der Waals surface area (Å²) in [6.45, 7) is 0. The van der Waals surface area contributed by atoms with Gasteiger partial charge >= 0.3 is 10.4 Å². The molecular weight excluding hydrogens is 386 g/mol. The monoisotopic (exact) mass is 403 g/mol. The third-order valence-electron chi connectivity index (χ3n) is 5.25. The van der Waals surface area contributed by atoms with Gasteiger partial charge in [0.1, 0.15) is 0 Å². The molecule has 5 nitrogen and oxygen atoms in total. The molecule has 29 heavy (non-hydrogen) atoms. The molecule has 1 aliphatic carbocycles. The molecule has 1 aromatic heterocycles. The van der Waals surface area contributed by atoms with Crippen LogP contribution < -0.4 is 4.18 Å². The smallest absolute Gasteiger partial charge is 0.360 e. The summed E-state index contributed by atoms with van der Waals surface area (Å²) in [6, 6.07) is 17.1. The van der Waals surface area contributed by atoms with Gasteiger partial charge in [-0.2, -0.15) is 8.42 Å². The fraction of sp³-hybridized carbons (Fsp3) is 0.0870. The molecule has 0 fully saturated rings. The van der Waals surface area contributed by atoms with E-state index in [1.165, 1.54) is 0 Å². The van der Waals surface area contributed by atoms with E-state index in [4.69, 9.17) is 4.18 Å². The zero-order valence-corrected chi connectivity index (χ0v) is 16.2. The van der Waals surface area contributed by atoms with Crippen LogP contribution in [0.25, 0.3) is 38.9 Å². The van der Waals surface area contributed by atoms with E-state index in [1.54, 1.807) is 12.3 Å². The lowest BCUT2D eigenvalue weighted by molar-refractivity contribution is 0.389. The van der Waals surface area contributed by atoms with E-state index in [0.717, 1.165) is 45.8 Å². The normalized spacial score (nSPS) is 13.6. The molecule has 0 saturated heterocycles. The second-order valence-electron chi connectivity index (χ2n) is 6.97. The second kappa shape index (κ2) is 6.69. The summed E-state index contributed by atoms with van der Waals surface area (Å²) in [4.78, 5) is 4.54. The summed E-state index contributed by atoms with van der Waals surface area (Å²) in [7, 11) is -4.72. The maximum Gasteiger partial charge on any atom is 0.446 e. The fourth-order valence-electron chi connectivity index (χ4n) is 4.15. The van der Waals surface area contributed by atoms with Crippen molar-refractivity contribution in [2.45, 2.75) is 12.8 Å². The van der Waals surface area contributed by atoms with E-state index in [0.29, 0.717) is 10.9 Å². The molecule has 1 N–H and O–H groups in total. The summed E-state index contributed by atoms with van der Waals surface area (Å²) < 4.78 is 38.3. The summed E-state index contributed by atoms with van der Waals surface area (Å²) in [5.41, 5.74) is 4.21. The second-order valence-corrected chi connectivity index (χ2v) is 8.00. The van der Waals surface area contributed by atoms with Crippen LogP contribution in [0.15, 0.2) is 66.9 Å². The molecule has 0 aliphatic heterocycles. The van der Waals surface area contributed by atoms with Crippen molar-refractivity contribution in [3.63, 3.8) is 0 Å². The summed E-state index contributed by atoms with van der Waals surface area (Å²) in [5.74, 6) is 0.135. The van der Waals surface area contributed by atoms with Gasteiger partial charge in [-0.05, 0) is 35.4 Å². The van der Waals surface area contributed by atoms with Crippen LogP contribution in [0.1, 0.15) is 17.5 Å². The molecule has 0 radical (unpaired) electrons. The zero-order valence-electron chi connectivity index (χ0n) is 15.4. The van der Waals surface area contributed by atoms with Gasteiger partial charge in [0, 0.05) is 28.1 Å². The standard InChI is InChI=1S/C23H17NO4S/c25-29(26,27)28-23-19-12-4-2-10-17(19)16-9-1-3-11-18(16)21(23)20-13-5-7-15-8-6-14-24-22(15)20/h1-2,4-10,12-14H,3,11H2,(H,25,26,27). The highest BCUT2D eigenvalue weighted by atomic mass is 32.3. The molecule has 0 amide bonds. The molecule has 6 heteroatoms. The number of para-hydroxylation sites is 1. The Labute approximate surface area is 168 Å². The molecule has 3 aromatic carbocycles. The lowest BCUT2D eigenvalue weighted by atomic mass is 9.84. The van der Waals surface area contributed by atoms with E-state index in [9.17, 15) is 13.0 Å². The maximum atomic E-state index is 11.8. The molecule has 1 aliphatic rings. The molecular formula is C23H17NO4S. The van der Waals surface area contributed by atoms with Crippen LogP contribution in [0.2, 0.25) is 0 Å². The number of aromatic nitrogens is 1. The summed E-state index contributed by atoms with van der Waals surface area (Å²) in [5, 5.41) is 2.45. The van der Waals surface area contributed by atoms with Crippen molar-refractivity contribution in [2.75, 3.05) is 0 Å².